The monoisotopic (exact) mass is 240 g/mol. The first-order valence-corrected chi connectivity index (χ1v) is 6.71. The van der Waals surface area contributed by atoms with Crippen LogP contribution in [0.25, 0.3) is 0 Å². The average Bonchev–Trinajstić information content (AvgIpc) is 2.69. The highest BCUT2D eigenvalue weighted by molar-refractivity contribution is 7.99. The predicted octanol–water partition coefficient (Wildman–Crippen LogP) is 2.06. The lowest BCUT2D eigenvalue weighted by atomic mass is 9.73. The third-order valence-corrected chi connectivity index (χ3v) is 4.72. The molecule has 1 aromatic heterocycles. The lowest BCUT2D eigenvalue weighted by Gasteiger charge is -2.43. The molecule has 2 N–H and O–H groups in total. The van der Waals surface area contributed by atoms with E-state index >= 15 is 0 Å². The number of nitrogens with zero attached hydrogens (tertiary/aromatic N) is 2. The second-order valence-electron chi connectivity index (χ2n) is 5.09. The minimum Gasteiger partial charge on any atom is -0.315 e. The molecule has 0 radical (unpaired) electrons. The minimum absolute atomic E-state index is 0.366. The zero-order chi connectivity index (χ0) is 11.6. The Morgan fingerprint density at radius 3 is 3.00 bits per heavy atom. The topological polar surface area (TPSA) is 53.6 Å². The van der Waals surface area contributed by atoms with Crippen LogP contribution in [0.2, 0.25) is 0 Å². The fourth-order valence-electron chi connectivity index (χ4n) is 2.68. The van der Waals surface area contributed by atoms with E-state index in [1.54, 1.807) is 6.33 Å². The van der Waals surface area contributed by atoms with Crippen LogP contribution in [0.1, 0.15) is 33.1 Å². The number of nitrogens with one attached hydrogen (secondary N) is 2. The summed E-state index contributed by atoms with van der Waals surface area (Å²) in [6.45, 7) is 4.70. The van der Waals surface area contributed by atoms with Crippen molar-refractivity contribution in [3.05, 3.63) is 6.33 Å². The highest BCUT2D eigenvalue weighted by Gasteiger charge is 2.38. The van der Waals surface area contributed by atoms with E-state index in [0.717, 1.165) is 5.16 Å². The summed E-state index contributed by atoms with van der Waals surface area (Å²) in [5.74, 6) is 0. The molecule has 0 aromatic carbocycles. The van der Waals surface area contributed by atoms with Crippen LogP contribution < -0.4 is 5.32 Å². The maximum Gasteiger partial charge on any atom is 0.183 e. The number of H-pyrrole nitrogens is 1. The molecule has 0 saturated heterocycles. The maximum atomic E-state index is 4.20. The average molecular weight is 240 g/mol. The second kappa shape index (κ2) is 4.75. The van der Waals surface area contributed by atoms with Crippen LogP contribution in [0.4, 0.5) is 0 Å². The van der Waals surface area contributed by atoms with Crippen LogP contribution in [0.3, 0.4) is 0 Å². The predicted molar refractivity (Wildman–Crippen MR) is 66.5 cm³/mol. The Balaban J connectivity index is 2.07. The first-order chi connectivity index (χ1) is 7.63. The molecule has 0 aliphatic heterocycles. The van der Waals surface area contributed by atoms with Crippen LogP contribution in [0.15, 0.2) is 11.5 Å². The number of aromatic nitrogens is 3. The van der Waals surface area contributed by atoms with Gasteiger partial charge in [0.25, 0.3) is 0 Å². The van der Waals surface area contributed by atoms with Crippen LogP contribution in [-0.2, 0) is 0 Å². The second-order valence-corrected chi connectivity index (χ2v) is 6.32. The number of hydrogen-bond donors (Lipinski definition) is 2. The highest BCUT2D eigenvalue weighted by atomic mass is 32.2. The SMILES string of the molecule is CNC1C(Sc2ncn[nH]2)CCCC1(C)C. The lowest BCUT2D eigenvalue weighted by Crippen LogP contribution is -2.49. The molecule has 2 unspecified atom stereocenters. The molecular weight excluding hydrogens is 220 g/mol. The summed E-state index contributed by atoms with van der Waals surface area (Å²) in [5.41, 5.74) is 0.366. The molecule has 1 saturated carbocycles. The summed E-state index contributed by atoms with van der Waals surface area (Å²) in [6.07, 6.45) is 5.42. The van der Waals surface area contributed by atoms with Crippen molar-refractivity contribution in [3.63, 3.8) is 0 Å². The summed E-state index contributed by atoms with van der Waals surface area (Å²) >= 11 is 1.81. The molecule has 16 heavy (non-hydrogen) atoms. The van der Waals surface area contributed by atoms with Gasteiger partial charge in [0.05, 0.1) is 0 Å². The first kappa shape index (κ1) is 11.9. The van der Waals surface area contributed by atoms with Gasteiger partial charge in [0.15, 0.2) is 5.16 Å². The zero-order valence-corrected chi connectivity index (χ0v) is 11.0. The molecule has 2 rings (SSSR count). The molecule has 0 bridgehead atoms. The molecule has 0 amide bonds. The molecule has 5 heteroatoms. The van der Waals surface area contributed by atoms with E-state index in [1.807, 2.05) is 11.8 Å². The molecule has 4 nitrogen and oxygen atoms in total. The van der Waals surface area contributed by atoms with Crippen LogP contribution in [-0.4, -0.2) is 33.5 Å². The van der Waals surface area contributed by atoms with E-state index in [4.69, 9.17) is 0 Å². The van der Waals surface area contributed by atoms with E-state index in [-0.39, 0.29) is 0 Å². The molecular formula is C11H20N4S. The Morgan fingerprint density at radius 1 is 1.56 bits per heavy atom. The van der Waals surface area contributed by atoms with Gasteiger partial charge in [0.2, 0.25) is 0 Å². The lowest BCUT2D eigenvalue weighted by molar-refractivity contribution is 0.182. The van der Waals surface area contributed by atoms with E-state index in [1.165, 1.54) is 19.3 Å². The highest BCUT2D eigenvalue weighted by Crippen LogP contribution is 2.41. The van der Waals surface area contributed by atoms with Gasteiger partial charge in [-0.2, -0.15) is 5.10 Å². The molecule has 1 aliphatic carbocycles. The molecule has 0 spiro atoms. The fourth-order valence-corrected chi connectivity index (χ4v) is 4.11. The quantitative estimate of drug-likeness (QED) is 0.849. The third kappa shape index (κ3) is 2.40. The normalized spacial score (nSPS) is 29.2. The van der Waals surface area contributed by atoms with Crippen molar-refractivity contribution in [1.82, 2.24) is 20.5 Å². The molecule has 1 aliphatic rings. The van der Waals surface area contributed by atoms with E-state index in [0.29, 0.717) is 16.7 Å². The summed E-state index contributed by atoms with van der Waals surface area (Å²) in [7, 11) is 2.06. The largest absolute Gasteiger partial charge is 0.315 e. The number of thioether (sulfide) groups is 1. The van der Waals surface area contributed by atoms with Crippen molar-refractivity contribution in [3.8, 4) is 0 Å². The maximum absolute atomic E-state index is 4.20. The van der Waals surface area contributed by atoms with Gasteiger partial charge in [-0.25, -0.2) is 4.98 Å². The van der Waals surface area contributed by atoms with Gasteiger partial charge in [-0.3, -0.25) is 5.10 Å². The van der Waals surface area contributed by atoms with Gasteiger partial charge in [0, 0.05) is 11.3 Å². The van der Waals surface area contributed by atoms with Crippen molar-refractivity contribution in [2.24, 2.45) is 5.41 Å². The Labute approximate surface area is 101 Å². The number of aromatic amines is 1. The summed E-state index contributed by atoms with van der Waals surface area (Å²) in [6, 6.07) is 0.538. The van der Waals surface area contributed by atoms with E-state index in [9.17, 15) is 0 Å². The Bertz CT molecular complexity index is 323. The van der Waals surface area contributed by atoms with Gasteiger partial charge in [-0.05, 0) is 25.3 Å². The summed E-state index contributed by atoms with van der Waals surface area (Å²) < 4.78 is 0. The summed E-state index contributed by atoms with van der Waals surface area (Å²) in [4.78, 5) is 4.20. The van der Waals surface area contributed by atoms with Crippen LogP contribution in [0, 0.1) is 5.41 Å². The van der Waals surface area contributed by atoms with E-state index < -0.39 is 0 Å². The van der Waals surface area contributed by atoms with Gasteiger partial charge < -0.3 is 5.32 Å². The van der Waals surface area contributed by atoms with Crippen LogP contribution >= 0.6 is 11.8 Å². The van der Waals surface area contributed by atoms with Crippen LogP contribution in [0.5, 0.6) is 0 Å². The van der Waals surface area contributed by atoms with Gasteiger partial charge in [-0.15, -0.1) is 0 Å². The van der Waals surface area contributed by atoms with Crippen molar-refractivity contribution in [2.45, 2.75) is 49.6 Å². The fraction of sp³-hybridized carbons (Fsp3) is 0.818. The van der Waals surface area contributed by atoms with Crippen molar-refractivity contribution < 1.29 is 0 Å². The molecule has 1 fully saturated rings. The van der Waals surface area contributed by atoms with Gasteiger partial charge in [-0.1, -0.05) is 32.0 Å². The standard InChI is InChI=1S/C11H20N4S/c1-11(2)6-4-5-8(9(11)12-3)16-10-13-7-14-15-10/h7-9,12H,4-6H2,1-3H3,(H,13,14,15). The molecule has 90 valence electrons. The van der Waals surface area contributed by atoms with E-state index in [2.05, 4.69) is 41.4 Å². The van der Waals surface area contributed by atoms with Crippen molar-refractivity contribution in [1.29, 1.82) is 0 Å². The zero-order valence-electron chi connectivity index (χ0n) is 10.2. The number of rotatable bonds is 3. The Kier molecular flexibility index (Phi) is 3.54. The molecule has 2 atom stereocenters. The van der Waals surface area contributed by atoms with Crippen molar-refractivity contribution in [2.75, 3.05) is 7.05 Å². The molecule has 1 heterocycles. The third-order valence-electron chi connectivity index (χ3n) is 3.49. The first-order valence-electron chi connectivity index (χ1n) is 5.83. The molecule has 1 aromatic rings. The summed E-state index contributed by atoms with van der Waals surface area (Å²) in [5, 5.41) is 11.8. The Hall–Kier alpha value is -0.550. The van der Waals surface area contributed by atoms with Gasteiger partial charge in [0.1, 0.15) is 6.33 Å². The minimum atomic E-state index is 0.366. The Morgan fingerprint density at radius 2 is 2.38 bits per heavy atom. The number of hydrogen-bond acceptors (Lipinski definition) is 4. The van der Waals surface area contributed by atoms with Crippen molar-refractivity contribution >= 4 is 11.8 Å². The van der Waals surface area contributed by atoms with Gasteiger partial charge >= 0.3 is 0 Å². The smallest absolute Gasteiger partial charge is 0.183 e.